The Morgan fingerprint density at radius 2 is 2.04 bits per heavy atom. The fraction of sp³-hybridized carbons (Fsp3) is 0.158. The maximum Gasteiger partial charge on any atom is 0.279 e. The maximum absolute atomic E-state index is 12.2. The van der Waals surface area contributed by atoms with E-state index in [2.05, 4.69) is 25.7 Å². The molecule has 0 saturated carbocycles. The van der Waals surface area contributed by atoms with Gasteiger partial charge in [-0.15, -0.1) is 10.2 Å². The number of hydrogen-bond acceptors (Lipinski definition) is 6. The van der Waals surface area contributed by atoms with Crippen molar-refractivity contribution in [3.05, 3.63) is 69.5 Å². The minimum Gasteiger partial charge on any atom is -0.492 e. The van der Waals surface area contributed by atoms with Crippen LogP contribution in [0.15, 0.2) is 58.4 Å². The van der Waals surface area contributed by atoms with E-state index in [0.717, 1.165) is 12.0 Å². The van der Waals surface area contributed by atoms with Crippen molar-refractivity contribution < 1.29 is 4.74 Å². The Bertz CT molecular complexity index is 989. The minimum atomic E-state index is -0.352. The molecule has 0 amide bonds. The average Bonchev–Trinajstić information content (AvgIpc) is 2.68. The van der Waals surface area contributed by atoms with E-state index < -0.39 is 0 Å². The molecule has 8 heteroatoms. The first-order valence-electron chi connectivity index (χ1n) is 8.41. The third-order valence-electron chi connectivity index (χ3n) is 3.55. The van der Waals surface area contributed by atoms with Crippen molar-refractivity contribution in [3.8, 4) is 17.0 Å². The van der Waals surface area contributed by atoms with Crippen molar-refractivity contribution in [1.82, 2.24) is 15.2 Å². The molecule has 0 unspecified atom stereocenters. The van der Waals surface area contributed by atoms with E-state index in [1.165, 1.54) is 0 Å². The van der Waals surface area contributed by atoms with E-state index in [-0.39, 0.29) is 17.2 Å². The van der Waals surface area contributed by atoms with Crippen LogP contribution in [0.25, 0.3) is 11.3 Å². The number of rotatable bonds is 7. The summed E-state index contributed by atoms with van der Waals surface area (Å²) in [6.07, 6.45) is 2.46. The van der Waals surface area contributed by atoms with Gasteiger partial charge in [-0.05, 0) is 30.2 Å². The molecule has 138 valence electrons. The largest absolute Gasteiger partial charge is 0.492 e. The van der Waals surface area contributed by atoms with E-state index in [0.29, 0.717) is 22.9 Å². The number of nitrogens with zero attached hydrogens (tertiary/aromatic N) is 3. The van der Waals surface area contributed by atoms with Crippen LogP contribution < -0.4 is 15.7 Å². The molecule has 2 N–H and O–H groups in total. The second-order valence-electron chi connectivity index (χ2n) is 5.63. The van der Waals surface area contributed by atoms with Gasteiger partial charge >= 0.3 is 0 Å². The summed E-state index contributed by atoms with van der Waals surface area (Å²) in [5, 5.41) is 12.4. The van der Waals surface area contributed by atoms with Crippen molar-refractivity contribution >= 4 is 23.8 Å². The predicted molar refractivity (Wildman–Crippen MR) is 107 cm³/mol. The standard InChI is InChI=1S/C19H18ClN5O2/c1-2-10-27-16-9-8-13(11-15(16)20)12-21-24-19-22-18(26)17(23-25-19)14-6-4-3-5-7-14/h3-9,11-12H,2,10H2,1H3,(H2,22,24,25,26)/b21-12+. The molecule has 0 saturated heterocycles. The fourth-order valence-corrected chi connectivity index (χ4v) is 2.51. The van der Waals surface area contributed by atoms with Crippen molar-refractivity contribution in [2.75, 3.05) is 12.0 Å². The van der Waals surface area contributed by atoms with Crippen LogP contribution in [0.2, 0.25) is 5.02 Å². The number of H-pyrrole nitrogens is 1. The molecule has 0 fully saturated rings. The number of anilines is 1. The lowest BCUT2D eigenvalue weighted by Crippen LogP contribution is -2.15. The molecule has 0 aliphatic rings. The number of aromatic nitrogens is 3. The van der Waals surface area contributed by atoms with Gasteiger partial charge in [0.1, 0.15) is 5.75 Å². The Morgan fingerprint density at radius 1 is 1.22 bits per heavy atom. The predicted octanol–water partition coefficient (Wildman–Crippen LogP) is 3.72. The summed E-state index contributed by atoms with van der Waals surface area (Å²) in [6, 6.07) is 14.5. The summed E-state index contributed by atoms with van der Waals surface area (Å²) in [7, 11) is 0. The van der Waals surface area contributed by atoms with E-state index in [4.69, 9.17) is 16.3 Å². The lowest BCUT2D eigenvalue weighted by Gasteiger charge is -2.06. The van der Waals surface area contributed by atoms with Crippen molar-refractivity contribution in [2.24, 2.45) is 5.10 Å². The quantitative estimate of drug-likeness (QED) is 0.479. The molecule has 7 nitrogen and oxygen atoms in total. The van der Waals surface area contributed by atoms with Gasteiger partial charge in [0.2, 0.25) is 5.95 Å². The van der Waals surface area contributed by atoms with Crippen LogP contribution in [0.1, 0.15) is 18.9 Å². The van der Waals surface area contributed by atoms with E-state index in [1.54, 1.807) is 30.5 Å². The van der Waals surface area contributed by atoms with Crippen molar-refractivity contribution in [3.63, 3.8) is 0 Å². The first-order valence-corrected chi connectivity index (χ1v) is 8.79. The second-order valence-corrected chi connectivity index (χ2v) is 6.03. The molecule has 2 aromatic carbocycles. The maximum atomic E-state index is 12.2. The lowest BCUT2D eigenvalue weighted by molar-refractivity contribution is 0.317. The molecule has 3 aromatic rings. The Balaban J connectivity index is 1.67. The highest BCUT2D eigenvalue weighted by Gasteiger charge is 2.06. The van der Waals surface area contributed by atoms with Crippen molar-refractivity contribution in [1.29, 1.82) is 0 Å². The summed E-state index contributed by atoms with van der Waals surface area (Å²) < 4.78 is 5.53. The first-order chi connectivity index (χ1) is 13.2. The summed E-state index contributed by atoms with van der Waals surface area (Å²) in [6.45, 7) is 2.64. The number of aromatic amines is 1. The zero-order valence-electron chi connectivity index (χ0n) is 14.6. The van der Waals surface area contributed by atoms with Gasteiger partial charge in [0.15, 0.2) is 5.69 Å². The summed E-state index contributed by atoms with van der Waals surface area (Å²) in [5.74, 6) is 0.778. The van der Waals surface area contributed by atoms with Gasteiger partial charge in [0.05, 0.1) is 17.8 Å². The van der Waals surface area contributed by atoms with E-state index >= 15 is 0 Å². The summed E-state index contributed by atoms with van der Waals surface area (Å²) >= 11 is 6.18. The molecular formula is C19H18ClN5O2. The zero-order chi connectivity index (χ0) is 19.1. The number of ether oxygens (including phenoxy) is 1. The molecule has 0 radical (unpaired) electrons. The fourth-order valence-electron chi connectivity index (χ4n) is 2.27. The van der Waals surface area contributed by atoms with Gasteiger partial charge in [-0.2, -0.15) is 5.10 Å². The molecule has 0 aliphatic carbocycles. The minimum absolute atomic E-state index is 0.143. The Hall–Kier alpha value is -3.19. The molecular weight excluding hydrogens is 366 g/mol. The highest BCUT2D eigenvalue weighted by atomic mass is 35.5. The highest BCUT2D eigenvalue weighted by Crippen LogP contribution is 2.25. The van der Waals surface area contributed by atoms with Crippen LogP contribution in [0.3, 0.4) is 0 Å². The number of halogens is 1. The van der Waals surface area contributed by atoms with Gasteiger partial charge in [-0.1, -0.05) is 48.9 Å². The average molecular weight is 384 g/mol. The lowest BCUT2D eigenvalue weighted by atomic mass is 10.2. The SMILES string of the molecule is CCCOc1ccc(/C=N/Nc2nnc(-c3ccccc3)c(=O)[nH]2)cc1Cl. The van der Waals surface area contributed by atoms with Gasteiger partial charge in [-0.3, -0.25) is 9.78 Å². The third kappa shape index (κ3) is 4.92. The van der Waals surface area contributed by atoms with Crippen LogP contribution in [-0.2, 0) is 0 Å². The molecule has 1 aromatic heterocycles. The molecule has 0 aliphatic heterocycles. The molecule has 0 atom stereocenters. The first kappa shape index (κ1) is 18.6. The number of hydrazone groups is 1. The van der Waals surface area contributed by atoms with Crippen LogP contribution >= 0.6 is 11.6 Å². The van der Waals surface area contributed by atoms with Crippen LogP contribution in [0.5, 0.6) is 5.75 Å². The van der Waals surface area contributed by atoms with Crippen LogP contribution in [0.4, 0.5) is 5.95 Å². The van der Waals surface area contributed by atoms with E-state index in [1.807, 2.05) is 31.2 Å². The van der Waals surface area contributed by atoms with Gasteiger partial charge < -0.3 is 4.74 Å². The van der Waals surface area contributed by atoms with E-state index in [9.17, 15) is 4.79 Å². The smallest absolute Gasteiger partial charge is 0.279 e. The van der Waals surface area contributed by atoms with Gasteiger partial charge in [0, 0.05) is 5.56 Å². The molecule has 1 heterocycles. The Morgan fingerprint density at radius 3 is 2.74 bits per heavy atom. The number of benzene rings is 2. The molecule has 27 heavy (non-hydrogen) atoms. The topological polar surface area (TPSA) is 92.3 Å². The Labute approximate surface area is 161 Å². The zero-order valence-corrected chi connectivity index (χ0v) is 15.4. The summed E-state index contributed by atoms with van der Waals surface area (Å²) in [5.41, 5.74) is 4.01. The molecule has 0 spiro atoms. The van der Waals surface area contributed by atoms with Crippen LogP contribution in [-0.4, -0.2) is 28.0 Å². The second kappa shape index (κ2) is 8.95. The normalized spacial score (nSPS) is 10.9. The van der Waals surface area contributed by atoms with Gasteiger partial charge in [-0.25, -0.2) is 5.43 Å². The summed E-state index contributed by atoms with van der Waals surface area (Å²) in [4.78, 5) is 14.8. The number of hydrogen-bond donors (Lipinski definition) is 2. The monoisotopic (exact) mass is 383 g/mol. The highest BCUT2D eigenvalue weighted by molar-refractivity contribution is 6.32. The van der Waals surface area contributed by atoms with Gasteiger partial charge in [0.25, 0.3) is 5.56 Å². The van der Waals surface area contributed by atoms with Crippen LogP contribution in [0, 0.1) is 0 Å². The third-order valence-corrected chi connectivity index (χ3v) is 3.84. The number of nitrogens with one attached hydrogen (secondary N) is 2. The van der Waals surface area contributed by atoms with Crippen molar-refractivity contribution in [2.45, 2.75) is 13.3 Å². The Kier molecular flexibility index (Phi) is 6.17. The molecule has 3 rings (SSSR count). The molecule has 0 bridgehead atoms.